The van der Waals surface area contributed by atoms with Gasteiger partial charge in [0.1, 0.15) is 0 Å². The molecule has 2 saturated carbocycles. The first-order chi connectivity index (χ1) is 8.86. The Hall–Kier alpha value is -0.530. The summed E-state index contributed by atoms with van der Waals surface area (Å²) in [6.07, 6.45) is 14.5. The Morgan fingerprint density at radius 1 is 0.833 bits per heavy atom. The average Bonchev–Trinajstić information content (AvgIpc) is 2.83. The smallest absolute Gasteiger partial charge is 0.0551 e. The Bertz CT molecular complexity index is 298. The van der Waals surface area contributed by atoms with Crippen LogP contribution in [0.3, 0.4) is 0 Å². The monoisotopic (exact) mass is 248 g/mol. The summed E-state index contributed by atoms with van der Waals surface area (Å²) >= 11 is 0. The first kappa shape index (κ1) is 12.5. The lowest BCUT2D eigenvalue weighted by atomic mass is 9.70. The summed E-state index contributed by atoms with van der Waals surface area (Å²) in [6, 6.07) is 0.674. The van der Waals surface area contributed by atoms with Gasteiger partial charge in [0.15, 0.2) is 0 Å². The van der Waals surface area contributed by atoms with E-state index in [-0.39, 0.29) is 0 Å². The van der Waals surface area contributed by atoms with Crippen molar-refractivity contribution in [2.45, 2.75) is 77.2 Å². The minimum Gasteiger partial charge on any atom is -0.306 e. The first-order valence-corrected chi connectivity index (χ1v) is 8.16. The molecular formula is C16H28N2. The molecule has 0 radical (unpaired) electrons. The summed E-state index contributed by atoms with van der Waals surface area (Å²) in [5.74, 6) is 2.57. The van der Waals surface area contributed by atoms with Crippen molar-refractivity contribution < 1.29 is 0 Å². The van der Waals surface area contributed by atoms with Gasteiger partial charge in [-0.05, 0) is 44.4 Å². The first-order valence-electron chi connectivity index (χ1n) is 8.16. The number of nitrogens with one attached hydrogen (secondary N) is 1. The third-order valence-corrected chi connectivity index (χ3v) is 5.57. The van der Waals surface area contributed by atoms with Gasteiger partial charge in [0.2, 0.25) is 0 Å². The second-order valence-electron chi connectivity index (χ2n) is 6.73. The molecular weight excluding hydrogens is 220 g/mol. The van der Waals surface area contributed by atoms with Gasteiger partial charge in [-0.1, -0.05) is 38.5 Å². The van der Waals surface area contributed by atoms with Gasteiger partial charge in [-0.15, -0.1) is 0 Å². The molecule has 18 heavy (non-hydrogen) atoms. The quantitative estimate of drug-likeness (QED) is 0.781. The standard InChI is InChI=1S/C16H28N2/c1-12-15(13-8-4-2-5-9-13)16(18-17-12)14-10-6-3-7-11-14/h13-16,18H,2-11H2,1H3. The Balaban J connectivity index is 1.69. The highest BCUT2D eigenvalue weighted by molar-refractivity contribution is 5.86. The van der Waals surface area contributed by atoms with Crippen LogP contribution < -0.4 is 5.43 Å². The highest BCUT2D eigenvalue weighted by Crippen LogP contribution is 2.39. The molecule has 0 aromatic carbocycles. The molecule has 0 spiro atoms. The predicted molar refractivity (Wildman–Crippen MR) is 76.7 cm³/mol. The second-order valence-corrected chi connectivity index (χ2v) is 6.73. The molecule has 0 amide bonds. The number of hydrogen-bond donors (Lipinski definition) is 1. The fourth-order valence-electron chi connectivity index (χ4n) is 4.61. The van der Waals surface area contributed by atoms with Gasteiger partial charge in [0.25, 0.3) is 0 Å². The van der Waals surface area contributed by atoms with E-state index in [2.05, 4.69) is 17.5 Å². The molecule has 3 rings (SSSR count). The molecule has 102 valence electrons. The predicted octanol–water partition coefficient (Wildman–Crippen LogP) is 4.11. The molecule has 2 fully saturated rings. The lowest BCUT2D eigenvalue weighted by Gasteiger charge is -2.36. The van der Waals surface area contributed by atoms with Gasteiger partial charge in [-0.2, -0.15) is 5.10 Å². The van der Waals surface area contributed by atoms with Crippen LogP contribution in [0.1, 0.15) is 71.1 Å². The summed E-state index contributed by atoms with van der Waals surface area (Å²) in [6.45, 7) is 2.26. The van der Waals surface area contributed by atoms with E-state index in [0.717, 1.165) is 17.8 Å². The van der Waals surface area contributed by atoms with Crippen LogP contribution in [0, 0.1) is 17.8 Å². The molecule has 2 unspecified atom stereocenters. The lowest BCUT2D eigenvalue weighted by molar-refractivity contribution is 0.191. The van der Waals surface area contributed by atoms with Gasteiger partial charge in [0.05, 0.1) is 6.04 Å². The van der Waals surface area contributed by atoms with Crippen LogP contribution >= 0.6 is 0 Å². The Labute approximate surface area is 112 Å². The van der Waals surface area contributed by atoms with Gasteiger partial charge < -0.3 is 5.43 Å². The fourth-order valence-corrected chi connectivity index (χ4v) is 4.61. The van der Waals surface area contributed by atoms with Crippen LogP contribution in [-0.4, -0.2) is 11.8 Å². The Morgan fingerprint density at radius 3 is 2.00 bits per heavy atom. The number of hydrazone groups is 1. The third kappa shape index (κ3) is 2.44. The molecule has 0 aromatic rings. The van der Waals surface area contributed by atoms with E-state index in [1.165, 1.54) is 69.9 Å². The van der Waals surface area contributed by atoms with Crippen molar-refractivity contribution in [3.8, 4) is 0 Å². The van der Waals surface area contributed by atoms with Crippen molar-refractivity contribution in [2.75, 3.05) is 0 Å². The topological polar surface area (TPSA) is 24.4 Å². The van der Waals surface area contributed by atoms with Crippen LogP contribution in [0.4, 0.5) is 0 Å². The maximum Gasteiger partial charge on any atom is 0.0551 e. The summed E-state index contributed by atoms with van der Waals surface area (Å²) < 4.78 is 0. The summed E-state index contributed by atoms with van der Waals surface area (Å²) in [7, 11) is 0. The molecule has 0 saturated heterocycles. The van der Waals surface area contributed by atoms with Gasteiger partial charge >= 0.3 is 0 Å². The maximum absolute atomic E-state index is 4.62. The van der Waals surface area contributed by atoms with E-state index in [9.17, 15) is 0 Å². The van der Waals surface area contributed by atoms with E-state index < -0.39 is 0 Å². The summed E-state index contributed by atoms with van der Waals surface area (Å²) in [5, 5.41) is 4.62. The second kappa shape index (κ2) is 5.63. The zero-order chi connectivity index (χ0) is 12.4. The van der Waals surface area contributed by atoms with Crippen molar-refractivity contribution in [1.29, 1.82) is 0 Å². The summed E-state index contributed by atoms with van der Waals surface area (Å²) in [5.41, 5.74) is 4.91. The Kier molecular flexibility index (Phi) is 3.91. The van der Waals surface area contributed by atoms with Crippen molar-refractivity contribution in [1.82, 2.24) is 5.43 Å². The zero-order valence-electron chi connectivity index (χ0n) is 11.8. The molecule has 2 atom stereocenters. The number of hydrogen-bond acceptors (Lipinski definition) is 2. The minimum absolute atomic E-state index is 0.674. The largest absolute Gasteiger partial charge is 0.306 e. The van der Waals surface area contributed by atoms with E-state index in [4.69, 9.17) is 0 Å². The highest BCUT2D eigenvalue weighted by atomic mass is 15.3. The molecule has 1 N–H and O–H groups in total. The molecule has 1 aliphatic heterocycles. The van der Waals surface area contributed by atoms with E-state index in [0.29, 0.717) is 6.04 Å². The number of rotatable bonds is 2. The van der Waals surface area contributed by atoms with E-state index >= 15 is 0 Å². The molecule has 2 heteroatoms. The van der Waals surface area contributed by atoms with Crippen LogP contribution in [-0.2, 0) is 0 Å². The molecule has 0 aromatic heterocycles. The van der Waals surface area contributed by atoms with Gasteiger partial charge in [-0.3, -0.25) is 0 Å². The van der Waals surface area contributed by atoms with Crippen LogP contribution in [0.25, 0.3) is 0 Å². The maximum atomic E-state index is 4.62. The molecule has 1 heterocycles. The fraction of sp³-hybridized carbons (Fsp3) is 0.938. The van der Waals surface area contributed by atoms with Crippen molar-refractivity contribution in [3.63, 3.8) is 0 Å². The molecule has 2 aliphatic carbocycles. The van der Waals surface area contributed by atoms with Crippen LogP contribution in [0.15, 0.2) is 5.10 Å². The normalized spacial score (nSPS) is 35.3. The summed E-state index contributed by atoms with van der Waals surface area (Å²) in [4.78, 5) is 0. The average molecular weight is 248 g/mol. The van der Waals surface area contributed by atoms with Gasteiger partial charge in [0, 0.05) is 11.6 Å². The third-order valence-electron chi connectivity index (χ3n) is 5.57. The lowest BCUT2D eigenvalue weighted by Crippen LogP contribution is -2.41. The Morgan fingerprint density at radius 2 is 1.39 bits per heavy atom. The van der Waals surface area contributed by atoms with Gasteiger partial charge in [-0.25, -0.2) is 0 Å². The molecule has 2 nitrogen and oxygen atoms in total. The van der Waals surface area contributed by atoms with Crippen LogP contribution in [0.2, 0.25) is 0 Å². The zero-order valence-corrected chi connectivity index (χ0v) is 11.8. The van der Waals surface area contributed by atoms with Crippen LogP contribution in [0.5, 0.6) is 0 Å². The van der Waals surface area contributed by atoms with E-state index in [1.54, 1.807) is 0 Å². The molecule has 0 bridgehead atoms. The van der Waals surface area contributed by atoms with Crippen molar-refractivity contribution in [2.24, 2.45) is 22.9 Å². The van der Waals surface area contributed by atoms with E-state index in [1.807, 2.05) is 0 Å². The highest BCUT2D eigenvalue weighted by Gasteiger charge is 2.40. The SMILES string of the molecule is CC1=NNC(C2CCCCC2)C1C1CCCCC1. The minimum atomic E-state index is 0.674. The van der Waals surface area contributed by atoms with Crippen molar-refractivity contribution in [3.05, 3.63) is 0 Å². The van der Waals surface area contributed by atoms with Crippen molar-refractivity contribution >= 4 is 5.71 Å². The number of nitrogens with zero attached hydrogens (tertiary/aromatic N) is 1. The molecule has 3 aliphatic rings.